The fraction of sp³-hybridized carbons (Fsp3) is 0.273. The predicted octanol–water partition coefficient (Wildman–Crippen LogP) is 2.52. The van der Waals surface area contributed by atoms with Gasteiger partial charge in [-0.2, -0.15) is 0 Å². The number of halogens is 3. The van der Waals surface area contributed by atoms with Crippen LogP contribution in [0.15, 0.2) is 12.1 Å². The topological polar surface area (TPSA) is 57.6 Å². The van der Waals surface area contributed by atoms with Crippen LogP contribution in [0.25, 0.3) is 0 Å². The molecule has 96 valence electrons. The Balaban J connectivity index is 2.39. The summed E-state index contributed by atoms with van der Waals surface area (Å²) >= 11 is 7.57. The van der Waals surface area contributed by atoms with Crippen molar-refractivity contribution in [3.8, 4) is 0 Å². The van der Waals surface area contributed by atoms with Crippen molar-refractivity contribution in [3.05, 3.63) is 26.5 Å². The number of rotatable bonds is 2. The van der Waals surface area contributed by atoms with Gasteiger partial charge in [-0.05, 0) is 34.7 Å². The van der Waals surface area contributed by atoms with Gasteiger partial charge >= 0.3 is 5.97 Å². The van der Waals surface area contributed by atoms with Crippen molar-refractivity contribution in [2.24, 2.45) is 5.92 Å². The average molecular weight is 384 g/mol. The summed E-state index contributed by atoms with van der Waals surface area (Å²) in [5, 5.41) is 9.12. The number of aliphatic carboxylic acids is 1. The molecule has 0 radical (unpaired) electrons. The Morgan fingerprint density at radius 3 is 2.72 bits per heavy atom. The first-order chi connectivity index (χ1) is 8.40. The number of carbonyl (C=O) groups is 2. The highest BCUT2D eigenvalue weighted by atomic mass is 127. The summed E-state index contributed by atoms with van der Waals surface area (Å²) in [6.45, 7) is -0.0112. The summed E-state index contributed by atoms with van der Waals surface area (Å²) in [5.74, 6) is -2.84. The van der Waals surface area contributed by atoms with E-state index in [-0.39, 0.29) is 29.6 Å². The lowest BCUT2D eigenvalue weighted by atomic mass is 10.1. The lowest BCUT2D eigenvalue weighted by molar-refractivity contribution is -0.141. The van der Waals surface area contributed by atoms with Crippen molar-refractivity contribution in [3.63, 3.8) is 0 Å². The van der Waals surface area contributed by atoms with Crippen molar-refractivity contribution in [2.45, 2.75) is 6.42 Å². The fourth-order valence-electron chi connectivity index (χ4n) is 1.88. The number of amides is 1. The highest BCUT2D eigenvalue weighted by Crippen LogP contribution is 2.33. The molecule has 1 aliphatic heterocycles. The molecule has 1 N–H and O–H groups in total. The standard InChI is InChI=1S/C11H8ClFINO3/c12-6-2-7(13)10(8(14)3-6)15-4-5(11(17)18)1-9(15)16/h2-3,5H,1,4H2,(H,17,18). The highest BCUT2D eigenvalue weighted by molar-refractivity contribution is 14.1. The second-order valence-electron chi connectivity index (χ2n) is 3.96. The lowest BCUT2D eigenvalue weighted by Gasteiger charge is -2.18. The molecule has 18 heavy (non-hydrogen) atoms. The predicted molar refractivity (Wildman–Crippen MR) is 72.2 cm³/mol. The molecule has 4 nitrogen and oxygen atoms in total. The van der Waals surface area contributed by atoms with Crippen LogP contribution in [0.5, 0.6) is 0 Å². The van der Waals surface area contributed by atoms with Crippen LogP contribution in [-0.4, -0.2) is 23.5 Å². The average Bonchev–Trinajstić information content (AvgIpc) is 2.59. The maximum atomic E-state index is 13.8. The van der Waals surface area contributed by atoms with Gasteiger partial charge in [0.15, 0.2) is 0 Å². The van der Waals surface area contributed by atoms with Crippen molar-refractivity contribution in [2.75, 3.05) is 11.4 Å². The SMILES string of the molecule is O=C(O)C1CC(=O)N(c2c(F)cc(Cl)cc2I)C1. The normalized spacial score (nSPS) is 19.4. The first-order valence-electron chi connectivity index (χ1n) is 5.08. The largest absolute Gasteiger partial charge is 0.481 e. The van der Waals surface area contributed by atoms with Crippen molar-refractivity contribution in [1.82, 2.24) is 0 Å². The van der Waals surface area contributed by atoms with Crippen LogP contribution in [-0.2, 0) is 9.59 Å². The Bertz CT molecular complexity index is 514. The molecule has 0 saturated carbocycles. The molecule has 0 bridgehead atoms. The minimum atomic E-state index is -1.05. The molecule has 1 unspecified atom stereocenters. The third-order valence-corrected chi connectivity index (χ3v) is 3.77. The second-order valence-corrected chi connectivity index (χ2v) is 5.56. The highest BCUT2D eigenvalue weighted by Gasteiger charge is 2.37. The summed E-state index contributed by atoms with van der Waals surface area (Å²) in [4.78, 5) is 23.8. The summed E-state index contributed by atoms with van der Waals surface area (Å²) in [6.07, 6.45) is -0.104. The number of carboxylic acids is 1. The van der Waals surface area contributed by atoms with E-state index in [0.29, 0.717) is 3.57 Å². The number of carboxylic acid groups (broad SMARTS) is 1. The van der Waals surface area contributed by atoms with Crippen molar-refractivity contribution >= 4 is 51.8 Å². The van der Waals surface area contributed by atoms with Gasteiger partial charge in [-0.1, -0.05) is 11.6 Å². The molecule has 1 aliphatic rings. The molecule has 1 fully saturated rings. The van der Waals surface area contributed by atoms with Crippen LogP contribution in [0.4, 0.5) is 10.1 Å². The number of benzene rings is 1. The Morgan fingerprint density at radius 2 is 2.22 bits per heavy atom. The van der Waals surface area contributed by atoms with Gasteiger partial charge in [0.2, 0.25) is 5.91 Å². The quantitative estimate of drug-likeness (QED) is 0.799. The molecule has 7 heteroatoms. The van der Waals surface area contributed by atoms with Gasteiger partial charge in [-0.3, -0.25) is 9.59 Å². The molecule has 1 atom stereocenters. The van der Waals surface area contributed by atoms with Gasteiger partial charge in [-0.25, -0.2) is 4.39 Å². The fourth-order valence-corrected chi connectivity index (χ4v) is 3.15. The Kier molecular flexibility index (Phi) is 3.76. The van der Waals surface area contributed by atoms with Crippen molar-refractivity contribution < 1.29 is 19.1 Å². The summed E-state index contributed by atoms with van der Waals surface area (Å²) < 4.78 is 14.3. The smallest absolute Gasteiger partial charge is 0.308 e. The molecule has 0 aromatic heterocycles. The summed E-state index contributed by atoms with van der Waals surface area (Å²) in [7, 11) is 0. The van der Waals surface area contributed by atoms with Gasteiger partial charge in [0.05, 0.1) is 11.6 Å². The molecule has 1 aromatic rings. The minimum absolute atomic E-state index is 0.0112. The summed E-state index contributed by atoms with van der Waals surface area (Å²) in [6, 6.07) is 2.64. The number of hydrogen-bond donors (Lipinski definition) is 1. The first-order valence-corrected chi connectivity index (χ1v) is 6.53. The van der Waals surface area contributed by atoms with Gasteiger partial charge in [-0.15, -0.1) is 0 Å². The van der Waals surface area contributed by atoms with Gasteiger partial charge in [0.1, 0.15) is 5.82 Å². The van der Waals surface area contributed by atoms with E-state index in [2.05, 4.69) is 0 Å². The molecule has 0 spiro atoms. The number of anilines is 1. The lowest BCUT2D eigenvalue weighted by Crippen LogP contribution is -2.27. The minimum Gasteiger partial charge on any atom is -0.481 e. The van der Waals surface area contributed by atoms with E-state index in [1.165, 1.54) is 11.0 Å². The van der Waals surface area contributed by atoms with Crippen molar-refractivity contribution in [1.29, 1.82) is 0 Å². The van der Waals surface area contributed by atoms with E-state index in [1.54, 1.807) is 0 Å². The van der Waals surface area contributed by atoms with Crippen LogP contribution in [0.2, 0.25) is 5.02 Å². The molecular weight excluding hydrogens is 375 g/mol. The van der Waals surface area contributed by atoms with E-state index >= 15 is 0 Å². The first kappa shape index (κ1) is 13.5. The van der Waals surface area contributed by atoms with Crippen LogP contribution in [0.3, 0.4) is 0 Å². The monoisotopic (exact) mass is 383 g/mol. The molecule has 2 rings (SSSR count). The van der Waals surface area contributed by atoms with E-state index in [1.807, 2.05) is 22.6 Å². The van der Waals surface area contributed by atoms with Crippen LogP contribution in [0, 0.1) is 15.3 Å². The molecule has 1 aromatic carbocycles. The van der Waals surface area contributed by atoms with Crippen LogP contribution >= 0.6 is 34.2 Å². The van der Waals surface area contributed by atoms with Crippen LogP contribution < -0.4 is 4.90 Å². The maximum absolute atomic E-state index is 13.8. The van der Waals surface area contributed by atoms with Gasteiger partial charge in [0.25, 0.3) is 0 Å². The summed E-state index contributed by atoms with van der Waals surface area (Å²) in [5.41, 5.74) is 0.105. The van der Waals surface area contributed by atoms with E-state index < -0.39 is 17.7 Å². The molecule has 1 heterocycles. The molecule has 0 aliphatic carbocycles. The second kappa shape index (κ2) is 5.00. The maximum Gasteiger partial charge on any atom is 0.308 e. The van der Waals surface area contributed by atoms with Gasteiger partial charge < -0.3 is 10.0 Å². The van der Waals surface area contributed by atoms with E-state index in [9.17, 15) is 14.0 Å². The molecule has 1 saturated heterocycles. The van der Waals surface area contributed by atoms with Gasteiger partial charge in [0, 0.05) is 21.6 Å². The number of nitrogens with zero attached hydrogens (tertiary/aromatic N) is 1. The van der Waals surface area contributed by atoms with E-state index in [4.69, 9.17) is 16.7 Å². The van der Waals surface area contributed by atoms with E-state index in [0.717, 1.165) is 6.07 Å². The third kappa shape index (κ3) is 2.44. The Hall–Kier alpha value is -0.890. The number of carbonyl (C=O) groups excluding carboxylic acids is 1. The Morgan fingerprint density at radius 1 is 1.56 bits per heavy atom. The Labute approximate surface area is 121 Å². The molecular formula is C11H8ClFINO3. The molecule has 1 amide bonds. The zero-order chi connectivity index (χ0) is 13.4. The third-order valence-electron chi connectivity index (χ3n) is 2.73. The zero-order valence-electron chi connectivity index (χ0n) is 8.99. The van der Waals surface area contributed by atoms with Crippen LogP contribution in [0.1, 0.15) is 6.42 Å². The number of hydrogen-bond acceptors (Lipinski definition) is 2. The zero-order valence-corrected chi connectivity index (χ0v) is 11.9.